The van der Waals surface area contributed by atoms with E-state index in [-0.39, 0.29) is 31.9 Å². The summed E-state index contributed by atoms with van der Waals surface area (Å²) in [7, 11) is 0. The van der Waals surface area contributed by atoms with Gasteiger partial charge in [-0.2, -0.15) is 0 Å². The van der Waals surface area contributed by atoms with Gasteiger partial charge in [-0.1, -0.05) is 6.07 Å². The number of carbonyl (C=O) groups excluding carboxylic acids is 4. The number of anilines is 2. The number of esters is 1. The molecule has 0 bridgehead atoms. The van der Waals surface area contributed by atoms with Crippen molar-refractivity contribution in [3.8, 4) is 0 Å². The van der Waals surface area contributed by atoms with Crippen LogP contribution in [-0.2, 0) is 36.8 Å². The maximum Gasteiger partial charge on any atom is 0.410 e. The highest BCUT2D eigenvalue weighted by atomic mass is 32.2. The Hall–Kier alpha value is -3.58. The lowest BCUT2D eigenvalue weighted by atomic mass is 10.0. The molecule has 0 aliphatic carbocycles. The predicted molar refractivity (Wildman–Crippen MR) is 157 cm³/mol. The zero-order valence-electron chi connectivity index (χ0n) is 23.7. The Kier molecular flexibility index (Phi) is 10.8. The third-order valence-corrected chi connectivity index (χ3v) is 8.02. The van der Waals surface area contributed by atoms with Gasteiger partial charge in [0.1, 0.15) is 10.6 Å². The fourth-order valence-electron chi connectivity index (χ4n) is 3.96. The minimum Gasteiger partial charge on any atom is -0.481 e. The molecule has 3 N–H and O–H groups in total. The van der Waals surface area contributed by atoms with Crippen LogP contribution in [0, 0.1) is 0 Å². The summed E-state index contributed by atoms with van der Waals surface area (Å²) < 4.78 is 10.8. The van der Waals surface area contributed by atoms with Crippen LogP contribution in [0.3, 0.4) is 0 Å². The van der Waals surface area contributed by atoms with Crippen LogP contribution >= 0.6 is 23.1 Å². The molecule has 1 unspecified atom stereocenters. The lowest BCUT2D eigenvalue weighted by Gasteiger charge is -2.30. The maximum absolute atomic E-state index is 13.2. The molecule has 1 aromatic heterocycles. The lowest BCUT2D eigenvalue weighted by Crippen LogP contribution is -2.39. The quantitative estimate of drug-likeness (QED) is 0.247. The van der Waals surface area contributed by atoms with Crippen LogP contribution in [0.1, 0.15) is 68.3 Å². The predicted octanol–water partition coefficient (Wildman–Crippen LogP) is 5.14. The van der Waals surface area contributed by atoms with Crippen molar-refractivity contribution in [3.63, 3.8) is 0 Å². The minimum absolute atomic E-state index is 0.144. The number of amides is 3. The molecule has 2 heterocycles. The summed E-state index contributed by atoms with van der Waals surface area (Å²) in [4.78, 5) is 64.5. The van der Waals surface area contributed by atoms with E-state index in [0.717, 1.165) is 10.4 Å². The normalized spacial score (nSPS) is 13.5. The number of nitrogens with zero attached hydrogens (tertiary/aromatic N) is 1. The summed E-state index contributed by atoms with van der Waals surface area (Å²) in [6.45, 7) is 9.63. The molecule has 1 aromatic carbocycles. The molecule has 13 heteroatoms. The molecule has 2 aromatic rings. The summed E-state index contributed by atoms with van der Waals surface area (Å²) in [5.74, 6) is -2.34. The molecule has 222 valence electrons. The lowest BCUT2D eigenvalue weighted by molar-refractivity contribution is -0.138. The molecular weight excluding hydrogens is 570 g/mol. The Morgan fingerprint density at radius 2 is 1.88 bits per heavy atom. The number of nitrogens with one attached hydrogen (secondary N) is 2. The van der Waals surface area contributed by atoms with Crippen molar-refractivity contribution in [2.24, 2.45) is 0 Å². The van der Waals surface area contributed by atoms with E-state index in [1.54, 1.807) is 63.8 Å². The fourth-order valence-corrected chi connectivity index (χ4v) is 6.14. The van der Waals surface area contributed by atoms with Crippen LogP contribution < -0.4 is 10.6 Å². The Labute approximate surface area is 247 Å². The van der Waals surface area contributed by atoms with Crippen molar-refractivity contribution in [1.82, 2.24) is 4.90 Å². The van der Waals surface area contributed by atoms with Crippen molar-refractivity contribution in [2.75, 3.05) is 23.8 Å². The number of carboxylic acid groups (broad SMARTS) is 1. The van der Waals surface area contributed by atoms with Gasteiger partial charge in [0.05, 0.1) is 30.4 Å². The van der Waals surface area contributed by atoms with E-state index in [2.05, 4.69) is 10.6 Å². The van der Waals surface area contributed by atoms with Gasteiger partial charge < -0.3 is 30.1 Å². The van der Waals surface area contributed by atoms with Crippen molar-refractivity contribution in [1.29, 1.82) is 0 Å². The SMILES string of the molecule is CCOC(=O)c1c(NC(=O)C(C)Sc2cccc(NC(=O)CCC(=O)O)c2)sc2c1CCN(C(=O)OC(C)(C)C)C2. The Morgan fingerprint density at radius 3 is 2.54 bits per heavy atom. The van der Waals surface area contributed by atoms with Crippen molar-refractivity contribution < 1.29 is 38.6 Å². The summed E-state index contributed by atoms with van der Waals surface area (Å²) in [5, 5.41) is 14.1. The highest BCUT2D eigenvalue weighted by molar-refractivity contribution is 8.00. The second kappa shape index (κ2) is 13.9. The van der Waals surface area contributed by atoms with E-state index < -0.39 is 34.8 Å². The highest BCUT2D eigenvalue weighted by Crippen LogP contribution is 2.38. The molecule has 0 fully saturated rings. The van der Waals surface area contributed by atoms with Crippen molar-refractivity contribution in [2.45, 2.75) is 76.2 Å². The Balaban J connectivity index is 1.73. The van der Waals surface area contributed by atoms with Gasteiger partial charge in [-0.3, -0.25) is 14.4 Å². The smallest absolute Gasteiger partial charge is 0.410 e. The van der Waals surface area contributed by atoms with Crippen molar-refractivity contribution >= 4 is 63.6 Å². The third-order valence-electron chi connectivity index (χ3n) is 5.79. The number of thioether (sulfide) groups is 1. The molecule has 0 saturated heterocycles. The standard InChI is InChI=1S/C28H35N3O8S2/c1-6-38-26(36)23-19-12-13-31(27(37)39-28(3,4)5)15-20(19)41-25(23)30-24(35)16(2)40-18-9-7-8-17(14-18)29-21(32)10-11-22(33)34/h7-9,14,16H,6,10-13,15H2,1-5H3,(H,29,32)(H,30,35)(H,33,34). The Bertz CT molecular complexity index is 1320. The number of carboxylic acids is 1. The largest absolute Gasteiger partial charge is 0.481 e. The molecule has 1 atom stereocenters. The average molecular weight is 606 g/mol. The first-order valence-electron chi connectivity index (χ1n) is 13.2. The zero-order chi connectivity index (χ0) is 30.3. The molecule has 41 heavy (non-hydrogen) atoms. The van der Waals surface area contributed by atoms with Gasteiger partial charge in [0, 0.05) is 28.4 Å². The molecule has 1 aliphatic rings. The topological polar surface area (TPSA) is 151 Å². The van der Waals surface area contributed by atoms with E-state index in [0.29, 0.717) is 34.1 Å². The molecule has 3 amide bonds. The molecule has 1 aliphatic heterocycles. The number of benzene rings is 1. The first-order valence-corrected chi connectivity index (χ1v) is 14.9. The van der Waals surface area contributed by atoms with Gasteiger partial charge in [0.15, 0.2) is 0 Å². The van der Waals surface area contributed by atoms with E-state index in [1.165, 1.54) is 23.1 Å². The van der Waals surface area contributed by atoms with Gasteiger partial charge in [-0.25, -0.2) is 9.59 Å². The first-order chi connectivity index (χ1) is 19.3. The molecule has 11 nitrogen and oxygen atoms in total. The van der Waals surface area contributed by atoms with E-state index in [9.17, 15) is 24.0 Å². The molecule has 0 radical (unpaired) electrons. The van der Waals surface area contributed by atoms with Crippen LogP contribution in [0.2, 0.25) is 0 Å². The number of thiophene rings is 1. The van der Waals surface area contributed by atoms with Crippen molar-refractivity contribution in [3.05, 3.63) is 40.3 Å². The van der Waals surface area contributed by atoms with Gasteiger partial charge in [0.2, 0.25) is 11.8 Å². The minimum atomic E-state index is -1.05. The molecule has 0 spiro atoms. The number of fused-ring (bicyclic) bond motifs is 1. The van der Waals surface area contributed by atoms with Crippen LogP contribution in [-0.4, -0.2) is 63.9 Å². The van der Waals surface area contributed by atoms with E-state index >= 15 is 0 Å². The average Bonchev–Trinajstić information content (AvgIpc) is 3.23. The number of aliphatic carboxylic acids is 1. The maximum atomic E-state index is 13.2. The number of ether oxygens (including phenoxy) is 2. The number of hydrogen-bond acceptors (Lipinski definition) is 9. The first kappa shape index (κ1) is 31.9. The Morgan fingerprint density at radius 1 is 1.15 bits per heavy atom. The van der Waals surface area contributed by atoms with Crippen LogP contribution in [0.25, 0.3) is 0 Å². The number of rotatable bonds is 10. The fraction of sp³-hybridized carbons (Fsp3) is 0.464. The highest BCUT2D eigenvalue weighted by Gasteiger charge is 2.33. The molecule has 3 rings (SSSR count). The van der Waals surface area contributed by atoms with Crippen LogP contribution in [0.5, 0.6) is 0 Å². The zero-order valence-corrected chi connectivity index (χ0v) is 25.3. The summed E-state index contributed by atoms with van der Waals surface area (Å²) in [6.07, 6.45) is -0.430. The monoisotopic (exact) mass is 605 g/mol. The summed E-state index contributed by atoms with van der Waals surface area (Å²) in [6, 6.07) is 6.89. The molecule has 0 saturated carbocycles. The number of carbonyl (C=O) groups is 5. The summed E-state index contributed by atoms with van der Waals surface area (Å²) in [5.41, 5.74) is 0.923. The second-order valence-corrected chi connectivity index (χ2v) is 12.8. The molecular formula is C28H35N3O8S2. The van der Waals surface area contributed by atoms with E-state index in [1.807, 2.05) is 0 Å². The van der Waals surface area contributed by atoms with E-state index in [4.69, 9.17) is 14.6 Å². The van der Waals surface area contributed by atoms with Gasteiger partial charge in [0.25, 0.3) is 0 Å². The van der Waals surface area contributed by atoms with Gasteiger partial charge >= 0.3 is 18.0 Å². The number of hydrogen-bond donors (Lipinski definition) is 3. The second-order valence-electron chi connectivity index (χ2n) is 10.3. The van der Waals surface area contributed by atoms with Crippen LogP contribution in [0.4, 0.5) is 15.5 Å². The third kappa shape index (κ3) is 9.22. The van der Waals surface area contributed by atoms with Crippen LogP contribution in [0.15, 0.2) is 29.2 Å². The summed E-state index contributed by atoms with van der Waals surface area (Å²) >= 11 is 2.50. The van der Waals surface area contributed by atoms with Gasteiger partial charge in [-0.05, 0) is 64.8 Å². The van der Waals surface area contributed by atoms with Gasteiger partial charge in [-0.15, -0.1) is 23.1 Å².